The van der Waals surface area contributed by atoms with Crippen molar-refractivity contribution in [1.29, 1.82) is 0 Å². The molecule has 20 heavy (non-hydrogen) atoms. The minimum Gasteiger partial charge on any atom is -0.312 e. The molecule has 0 spiro atoms. The van der Waals surface area contributed by atoms with Gasteiger partial charge in [0.1, 0.15) is 4.21 Å². The normalized spacial score (nSPS) is 17.4. The van der Waals surface area contributed by atoms with E-state index in [1.807, 2.05) is 11.1 Å². The molecule has 1 aliphatic heterocycles. The van der Waals surface area contributed by atoms with Crippen molar-refractivity contribution in [2.45, 2.75) is 43.4 Å². The Morgan fingerprint density at radius 1 is 1.25 bits per heavy atom. The lowest BCUT2D eigenvalue weighted by Gasteiger charge is -2.26. The van der Waals surface area contributed by atoms with Crippen LogP contribution in [0.15, 0.2) is 16.3 Å². The van der Waals surface area contributed by atoms with E-state index in [0.29, 0.717) is 4.21 Å². The second-order valence-corrected chi connectivity index (χ2v) is 8.10. The van der Waals surface area contributed by atoms with Gasteiger partial charge in [-0.05, 0) is 37.9 Å². The fraction of sp³-hybridized carbons (Fsp3) is 0.692. The summed E-state index contributed by atoms with van der Waals surface area (Å²) in [6, 6.07) is 3.58. The van der Waals surface area contributed by atoms with E-state index in [0.717, 1.165) is 50.3 Å². The minimum absolute atomic E-state index is 0.399. The van der Waals surface area contributed by atoms with Gasteiger partial charge in [0.25, 0.3) is 10.0 Å². The number of thiophene rings is 1. The molecule has 2 N–H and O–H groups in total. The van der Waals surface area contributed by atoms with Gasteiger partial charge in [-0.1, -0.05) is 13.3 Å². The zero-order valence-electron chi connectivity index (χ0n) is 11.9. The number of nitrogens with one attached hydrogen (secondary N) is 2. The molecular formula is C13H23N3O2S2. The third-order valence-corrected chi connectivity index (χ3v) is 6.19. The number of nitrogens with zero attached hydrogens (tertiary/aromatic N) is 1. The Balaban J connectivity index is 1.94. The summed E-state index contributed by atoms with van der Waals surface area (Å²) in [6.07, 6.45) is 4.37. The zero-order chi connectivity index (χ0) is 14.4. The van der Waals surface area contributed by atoms with Gasteiger partial charge in [-0.3, -0.25) is 0 Å². The summed E-state index contributed by atoms with van der Waals surface area (Å²) in [6.45, 7) is 5.40. The number of sulfonamides is 1. The third kappa shape index (κ3) is 4.53. The first-order chi connectivity index (χ1) is 9.62. The zero-order valence-corrected chi connectivity index (χ0v) is 13.5. The van der Waals surface area contributed by atoms with E-state index in [2.05, 4.69) is 17.1 Å². The Kier molecular flexibility index (Phi) is 5.98. The number of rotatable bonds is 7. The van der Waals surface area contributed by atoms with Crippen LogP contribution in [0.1, 0.15) is 37.5 Å². The number of hydrazine groups is 1. The van der Waals surface area contributed by atoms with E-state index < -0.39 is 10.0 Å². The molecule has 0 radical (unpaired) electrons. The Morgan fingerprint density at radius 2 is 2.00 bits per heavy atom. The average Bonchev–Trinajstić information content (AvgIpc) is 2.89. The fourth-order valence-electron chi connectivity index (χ4n) is 2.19. The lowest BCUT2D eigenvalue weighted by atomic mass is 10.2. The van der Waals surface area contributed by atoms with Crippen LogP contribution in [-0.4, -0.2) is 33.1 Å². The van der Waals surface area contributed by atoms with E-state index >= 15 is 0 Å². The highest BCUT2D eigenvalue weighted by atomic mass is 32.2. The van der Waals surface area contributed by atoms with Crippen molar-refractivity contribution < 1.29 is 8.42 Å². The van der Waals surface area contributed by atoms with Crippen LogP contribution in [0.4, 0.5) is 0 Å². The van der Waals surface area contributed by atoms with Crippen molar-refractivity contribution >= 4 is 21.4 Å². The molecule has 1 aromatic heterocycles. The van der Waals surface area contributed by atoms with Crippen LogP contribution in [0, 0.1) is 0 Å². The molecular weight excluding hydrogens is 294 g/mol. The highest BCUT2D eigenvalue weighted by Gasteiger charge is 2.21. The largest absolute Gasteiger partial charge is 0.312 e. The summed E-state index contributed by atoms with van der Waals surface area (Å²) in [5, 5.41) is 5.10. The molecule has 5 nitrogen and oxygen atoms in total. The lowest BCUT2D eigenvalue weighted by Crippen LogP contribution is -2.44. The van der Waals surface area contributed by atoms with Crippen LogP contribution in [0.2, 0.25) is 0 Å². The summed E-state index contributed by atoms with van der Waals surface area (Å²) < 4.78 is 25.0. The first-order valence-electron chi connectivity index (χ1n) is 7.18. The summed E-state index contributed by atoms with van der Waals surface area (Å²) in [5.74, 6) is 0. The van der Waals surface area contributed by atoms with Crippen molar-refractivity contribution in [1.82, 2.24) is 15.2 Å². The molecule has 2 heterocycles. The highest BCUT2D eigenvalue weighted by molar-refractivity contribution is 7.91. The SMILES string of the molecule is CCCNCc1ccc(S(=O)(=O)NN2CCCCC2)s1. The molecule has 1 saturated heterocycles. The van der Waals surface area contributed by atoms with Crippen LogP contribution in [0.3, 0.4) is 0 Å². The van der Waals surface area contributed by atoms with Gasteiger partial charge in [0.15, 0.2) is 0 Å². The van der Waals surface area contributed by atoms with Gasteiger partial charge in [0.2, 0.25) is 0 Å². The standard InChI is InChI=1S/C13H23N3O2S2/c1-2-8-14-11-12-6-7-13(19-12)20(17,18)15-16-9-4-3-5-10-16/h6-7,14-15H,2-5,8-11H2,1H3. The van der Waals surface area contributed by atoms with Gasteiger partial charge in [0.05, 0.1) is 0 Å². The molecule has 1 aliphatic rings. The Hall–Kier alpha value is -0.470. The quantitative estimate of drug-likeness (QED) is 0.754. The highest BCUT2D eigenvalue weighted by Crippen LogP contribution is 2.22. The lowest BCUT2D eigenvalue weighted by molar-refractivity contribution is 0.200. The second-order valence-electron chi connectivity index (χ2n) is 5.04. The molecule has 0 unspecified atom stereocenters. The van der Waals surface area contributed by atoms with Crippen molar-refractivity contribution in [2.75, 3.05) is 19.6 Å². The minimum atomic E-state index is -3.40. The van der Waals surface area contributed by atoms with E-state index in [4.69, 9.17) is 0 Å². The van der Waals surface area contributed by atoms with Crippen molar-refractivity contribution in [3.8, 4) is 0 Å². The predicted octanol–water partition coefficient (Wildman–Crippen LogP) is 1.93. The number of hydrogen-bond acceptors (Lipinski definition) is 5. The topological polar surface area (TPSA) is 61.4 Å². The Labute approximate surface area is 125 Å². The molecule has 2 rings (SSSR count). The Bertz CT molecular complexity index is 507. The molecule has 0 aliphatic carbocycles. The maximum atomic E-state index is 12.3. The molecule has 0 saturated carbocycles. The monoisotopic (exact) mass is 317 g/mol. The molecule has 0 atom stereocenters. The number of piperidine rings is 1. The third-order valence-electron chi connectivity index (χ3n) is 3.23. The van der Waals surface area contributed by atoms with Crippen LogP contribution < -0.4 is 10.1 Å². The predicted molar refractivity (Wildman–Crippen MR) is 82.1 cm³/mol. The summed E-state index contributed by atoms with van der Waals surface area (Å²) in [7, 11) is -3.40. The summed E-state index contributed by atoms with van der Waals surface area (Å²) in [5.41, 5.74) is 0. The van der Waals surface area contributed by atoms with E-state index in [1.165, 1.54) is 17.8 Å². The smallest absolute Gasteiger partial charge is 0.262 e. The van der Waals surface area contributed by atoms with Gasteiger partial charge < -0.3 is 5.32 Å². The van der Waals surface area contributed by atoms with Gasteiger partial charge in [-0.2, -0.15) is 0 Å². The number of hydrogen-bond donors (Lipinski definition) is 2. The first-order valence-corrected chi connectivity index (χ1v) is 9.48. The van der Waals surface area contributed by atoms with E-state index in [9.17, 15) is 8.42 Å². The fourth-order valence-corrected chi connectivity index (χ4v) is 4.62. The maximum Gasteiger partial charge on any atom is 0.262 e. The molecule has 1 aromatic rings. The Morgan fingerprint density at radius 3 is 2.70 bits per heavy atom. The van der Waals surface area contributed by atoms with Crippen molar-refractivity contribution in [3.63, 3.8) is 0 Å². The van der Waals surface area contributed by atoms with E-state index in [1.54, 1.807) is 6.07 Å². The van der Waals surface area contributed by atoms with Crippen LogP contribution >= 0.6 is 11.3 Å². The summed E-state index contributed by atoms with van der Waals surface area (Å²) >= 11 is 1.34. The molecule has 0 aromatic carbocycles. The van der Waals surface area contributed by atoms with Crippen molar-refractivity contribution in [2.24, 2.45) is 0 Å². The van der Waals surface area contributed by atoms with Gasteiger partial charge in [-0.25, -0.2) is 13.4 Å². The second kappa shape index (κ2) is 7.51. The molecule has 1 fully saturated rings. The van der Waals surface area contributed by atoms with Gasteiger partial charge in [0, 0.05) is 24.5 Å². The molecule has 0 amide bonds. The average molecular weight is 317 g/mol. The van der Waals surface area contributed by atoms with Crippen LogP contribution in [0.25, 0.3) is 0 Å². The molecule has 0 bridgehead atoms. The van der Waals surface area contributed by atoms with E-state index in [-0.39, 0.29) is 0 Å². The van der Waals surface area contributed by atoms with Crippen LogP contribution in [0.5, 0.6) is 0 Å². The first kappa shape index (κ1) is 15.9. The molecule has 114 valence electrons. The summed E-state index contributed by atoms with van der Waals surface area (Å²) in [4.78, 5) is 3.74. The van der Waals surface area contributed by atoms with Crippen LogP contribution in [-0.2, 0) is 16.6 Å². The van der Waals surface area contributed by atoms with Crippen molar-refractivity contribution in [3.05, 3.63) is 17.0 Å². The molecule has 7 heteroatoms. The van der Waals surface area contributed by atoms with Gasteiger partial charge in [-0.15, -0.1) is 16.2 Å². The van der Waals surface area contributed by atoms with Gasteiger partial charge >= 0.3 is 0 Å². The maximum absolute atomic E-state index is 12.3.